The number of ether oxygens (including phenoxy) is 2. The molecule has 0 saturated heterocycles. The van der Waals surface area contributed by atoms with Gasteiger partial charge in [0, 0.05) is 6.07 Å². The van der Waals surface area contributed by atoms with E-state index >= 15 is 0 Å². The lowest BCUT2D eigenvalue weighted by atomic mass is 9.90. The molecule has 6 heteroatoms. The monoisotopic (exact) mass is 338 g/mol. The van der Waals surface area contributed by atoms with Crippen molar-refractivity contribution in [2.75, 3.05) is 13.2 Å². The molecule has 1 rings (SSSR count). The van der Waals surface area contributed by atoms with Gasteiger partial charge >= 0.3 is 11.9 Å². The van der Waals surface area contributed by atoms with E-state index in [1.807, 2.05) is 0 Å². The van der Waals surface area contributed by atoms with Gasteiger partial charge in [0.1, 0.15) is 11.5 Å². The molecule has 0 radical (unpaired) electrons. The summed E-state index contributed by atoms with van der Waals surface area (Å²) in [4.78, 5) is 22.1. The summed E-state index contributed by atoms with van der Waals surface area (Å²) in [7, 11) is 0. The van der Waals surface area contributed by atoms with Crippen molar-refractivity contribution in [2.45, 2.75) is 40.5 Å². The van der Waals surface area contributed by atoms with Gasteiger partial charge < -0.3 is 19.7 Å². The second-order valence-corrected chi connectivity index (χ2v) is 7.05. The lowest BCUT2D eigenvalue weighted by Gasteiger charge is -2.20. The molecule has 0 aliphatic carbocycles. The third kappa shape index (κ3) is 6.10. The quantitative estimate of drug-likeness (QED) is 0.679. The molecule has 0 bridgehead atoms. The second-order valence-electron chi connectivity index (χ2n) is 7.05. The zero-order chi connectivity index (χ0) is 18.4. The average molecular weight is 338 g/mol. The van der Waals surface area contributed by atoms with Crippen molar-refractivity contribution in [3.8, 4) is 11.5 Å². The van der Waals surface area contributed by atoms with Gasteiger partial charge in [-0.2, -0.15) is 0 Å². The van der Waals surface area contributed by atoms with Crippen LogP contribution >= 0.6 is 0 Å². The molecule has 0 atom stereocenters. The van der Waals surface area contributed by atoms with Crippen LogP contribution in [0, 0.1) is 10.8 Å². The molecule has 0 heterocycles. The molecule has 2 N–H and O–H groups in total. The second kappa shape index (κ2) is 8.04. The first kappa shape index (κ1) is 19.8. The largest absolute Gasteiger partial charge is 0.493 e. The van der Waals surface area contributed by atoms with E-state index in [-0.39, 0.29) is 13.2 Å². The zero-order valence-corrected chi connectivity index (χ0v) is 14.7. The summed E-state index contributed by atoms with van der Waals surface area (Å²) in [6.45, 7) is 7.19. The normalized spacial score (nSPS) is 11.8. The standard InChI is InChI=1S/C18H26O6/c1-17(2,15(19)20)8-10-23-13-6-5-7-14(12-13)24-11-9-18(3,4)16(21)22/h5-7,12H,8-11H2,1-4H3,(H,19,20)(H,21,22). The SMILES string of the molecule is CC(C)(CCOc1cccc(OCCC(C)(C)C(=O)O)c1)C(=O)O. The molecular formula is C18H26O6. The van der Waals surface area contributed by atoms with Crippen LogP contribution < -0.4 is 9.47 Å². The van der Waals surface area contributed by atoms with E-state index in [0.717, 1.165) is 0 Å². The van der Waals surface area contributed by atoms with E-state index in [9.17, 15) is 9.59 Å². The van der Waals surface area contributed by atoms with Gasteiger partial charge in [0.2, 0.25) is 0 Å². The van der Waals surface area contributed by atoms with Crippen LogP contribution in [0.2, 0.25) is 0 Å². The van der Waals surface area contributed by atoms with Crippen molar-refractivity contribution in [2.24, 2.45) is 10.8 Å². The molecule has 134 valence electrons. The number of carboxylic acid groups (broad SMARTS) is 2. The maximum Gasteiger partial charge on any atom is 0.309 e. The number of hydrogen-bond donors (Lipinski definition) is 2. The van der Waals surface area contributed by atoms with E-state index in [0.29, 0.717) is 24.3 Å². The summed E-state index contributed by atoms with van der Waals surface area (Å²) in [5, 5.41) is 18.1. The van der Waals surface area contributed by atoms with E-state index in [4.69, 9.17) is 19.7 Å². The minimum atomic E-state index is -0.857. The van der Waals surface area contributed by atoms with Crippen LogP contribution in [0.3, 0.4) is 0 Å². The van der Waals surface area contributed by atoms with Crippen molar-refractivity contribution in [3.05, 3.63) is 24.3 Å². The van der Waals surface area contributed by atoms with Gasteiger partial charge in [-0.15, -0.1) is 0 Å². The molecule has 24 heavy (non-hydrogen) atoms. The lowest BCUT2D eigenvalue weighted by molar-refractivity contribution is -0.148. The Hall–Kier alpha value is -2.24. The van der Waals surface area contributed by atoms with E-state index in [1.54, 1.807) is 52.0 Å². The first-order chi connectivity index (χ1) is 11.0. The number of rotatable bonds is 10. The van der Waals surface area contributed by atoms with Gasteiger partial charge in [0.15, 0.2) is 0 Å². The maximum absolute atomic E-state index is 11.0. The van der Waals surface area contributed by atoms with Crippen LogP contribution in [0.25, 0.3) is 0 Å². The molecule has 0 unspecified atom stereocenters. The topological polar surface area (TPSA) is 93.1 Å². The highest BCUT2D eigenvalue weighted by Gasteiger charge is 2.27. The highest BCUT2D eigenvalue weighted by molar-refractivity contribution is 5.73. The first-order valence-corrected chi connectivity index (χ1v) is 7.87. The maximum atomic E-state index is 11.0. The molecule has 1 aromatic carbocycles. The molecule has 0 spiro atoms. The molecular weight excluding hydrogens is 312 g/mol. The minimum Gasteiger partial charge on any atom is -0.493 e. The number of carboxylic acids is 2. The Morgan fingerprint density at radius 3 is 1.58 bits per heavy atom. The van der Waals surface area contributed by atoms with Crippen LogP contribution in [0.1, 0.15) is 40.5 Å². The smallest absolute Gasteiger partial charge is 0.309 e. The lowest BCUT2D eigenvalue weighted by Crippen LogP contribution is -2.26. The van der Waals surface area contributed by atoms with E-state index in [2.05, 4.69) is 0 Å². The third-order valence-electron chi connectivity index (χ3n) is 3.95. The Bertz CT molecular complexity index is 529. The fourth-order valence-electron chi connectivity index (χ4n) is 1.72. The number of benzene rings is 1. The molecule has 0 aliphatic rings. The van der Waals surface area contributed by atoms with Gasteiger partial charge in [0.05, 0.1) is 24.0 Å². The van der Waals surface area contributed by atoms with Crippen LogP contribution in [-0.2, 0) is 9.59 Å². The Morgan fingerprint density at radius 2 is 1.25 bits per heavy atom. The summed E-state index contributed by atoms with van der Waals surface area (Å²) in [6.07, 6.45) is 0.778. The fourth-order valence-corrected chi connectivity index (χ4v) is 1.72. The molecule has 0 saturated carbocycles. The molecule has 0 aromatic heterocycles. The molecule has 6 nitrogen and oxygen atoms in total. The molecule has 0 amide bonds. The Balaban J connectivity index is 2.49. The highest BCUT2D eigenvalue weighted by Crippen LogP contribution is 2.25. The number of carbonyl (C=O) groups is 2. The summed E-state index contributed by atoms with van der Waals surface area (Å²) in [6, 6.07) is 7.01. The Labute approximate surface area is 142 Å². The van der Waals surface area contributed by atoms with Gasteiger partial charge in [-0.25, -0.2) is 0 Å². The summed E-state index contributed by atoms with van der Waals surface area (Å²) < 4.78 is 11.2. The van der Waals surface area contributed by atoms with Crippen LogP contribution in [0.4, 0.5) is 0 Å². The zero-order valence-electron chi connectivity index (χ0n) is 14.7. The van der Waals surface area contributed by atoms with Crippen LogP contribution in [-0.4, -0.2) is 35.4 Å². The molecule has 1 aromatic rings. The first-order valence-electron chi connectivity index (χ1n) is 7.87. The van der Waals surface area contributed by atoms with Crippen LogP contribution in [0.15, 0.2) is 24.3 Å². The van der Waals surface area contributed by atoms with Gasteiger partial charge in [-0.1, -0.05) is 6.07 Å². The summed E-state index contributed by atoms with van der Waals surface area (Å²) in [5.74, 6) is -0.536. The van der Waals surface area contributed by atoms with Crippen molar-refractivity contribution < 1.29 is 29.3 Å². The van der Waals surface area contributed by atoms with E-state index in [1.165, 1.54) is 0 Å². The summed E-state index contributed by atoms with van der Waals surface area (Å²) in [5.41, 5.74) is -1.67. The van der Waals surface area contributed by atoms with Crippen molar-refractivity contribution in [1.29, 1.82) is 0 Å². The van der Waals surface area contributed by atoms with E-state index < -0.39 is 22.8 Å². The van der Waals surface area contributed by atoms with Gasteiger partial charge in [-0.05, 0) is 52.7 Å². The van der Waals surface area contributed by atoms with Crippen molar-refractivity contribution in [3.63, 3.8) is 0 Å². The third-order valence-corrected chi connectivity index (χ3v) is 3.95. The Kier molecular flexibility index (Phi) is 6.63. The average Bonchev–Trinajstić information content (AvgIpc) is 2.47. The minimum absolute atomic E-state index is 0.287. The molecule has 0 aliphatic heterocycles. The predicted molar refractivity (Wildman–Crippen MR) is 89.5 cm³/mol. The van der Waals surface area contributed by atoms with Crippen molar-refractivity contribution >= 4 is 11.9 Å². The fraction of sp³-hybridized carbons (Fsp3) is 0.556. The van der Waals surface area contributed by atoms with Gasteiger partial charge in [-0.3, -0.25) is 9.59 Å². The number of hydrogen-bond acceptors (Lipinski definition) is 4. The highest BCUT2D eigenvalue weighted by atomic mass is 16.5. The van der Waals surface area contributed by atoms with Crippen LogP contribution in [0.5, 0.6) is 11.5 Å². The van der Waals surface area contributed by atoms with Crippen molar-refractivity contribution in [1.82, 2.24) is 0 Å². The molecule has 0 fully saturated rings. The van der Waals surface area contributed by atoms with Gasteiger partial charge in [0.25, 0.3) is 0 Å². The number of aliphatic carboxylic acids is 2. The predicted octanol–water partition coefficient (Wildman–Crippen LogP) is 3.45. The Morgan fingerprint density at radius 1 is 0.875 bits per heavy atom. The summed E-state index contributed by atoms with van der Waals surface area (Å²) >= 11 is 0.